The van der Waals surface area contributed by atoms with Crippen LogP contribution in [0.4, 0.5) is 17.1 Å². The van der Waals surface area contributed by atoms with E-state index in [1.807, 2.05) is 13.2 Å². The molecule has 1 aromatic rings. The first-order chi connectivity index (χ1) is 11.2. The first kappa shape index (κ1) is 16.5. The summed E-state index contributed by atoms with van der Waals surface area (Å²) in [6.07, 6.45) is 6.94. The van der Waals surface area contributed by atoms with Crippen LogP contribution < -0.4 is 15.1 Å². The van der Waals surface area contributed by atoms with Crippen LogP contribution in [-0.2, 0) is 4.79 Å². The number of thioether (sulfide) groups is 1. The molecule has 2 aliphatic rings. The highest BCUT2D eigenvalue weighted by Gasteiger charge is 2.24. The second-order valence-electron chi connectivity index (χ2n) is 6.43. The Balaban J connectivity index is 1.94. The third-order valence-corrected chi connectivity index (χ3v) is 5.81. The molecule has 4 nitrogen and oxygen atoms in total. The van der Waals surface area contributed by atoms with Gasteiger partial charge in [0.15, 0.2) is 0 Å². The van der Waals surface area contributed by atoms with Gasteiger partial charge in [-0.15, -0.1) is 0 Å². The highest BCUT2D eigenvalue weighted by Crippen LogP contribution is 2.38. The van der Waals surface area contributed by atoms with Gasteiger partial charge in [-0.25, -0.2) is 0 Å². The third kappa shape index (κ3) is 3.60. The fraction of sp³-hybridized carbons (Fsp3) is 0.611. The van der Waals surface area contributed by atoms with E-state index in [0.29, 0.717) is 0 Å². The molecule has 1 N–H and O–H groups in total. The molecule has 1 atom stereocenters. The van der Waals surface area contributed by atoms with E-state index in [-0.39, 0.29) is 11.2 Å². The fourth-order valence-corrected chi connectivity index (χ4v) is 3.70. The number of hydrogen-bond donors (Lipinski definition) is 1. The van der Waals surface area contributed by atoms with Gasteiger partial charge in [-0.2, -0.15) is 11.8 Å². The number of nitrogens with zero attached hydrogens (tertiary/aromatic N) is 2. The molecule has 1 amide bonds. The van der Waals surface area contributed by atoms with Gasteiger partial charge in [0.05, 0.1) is 22.3 Å². The molecule has 0 spiro atoms. The fourth-order valence-electron chi connectivity index (χ4n) is 3.43. The molecule has 2 heterocycles. The number of carbonyl (C=O) groups is 1. The van der Waals surface area contributed by atoms with E-state index in [0.717, 1.165) is 31.9 Å². The number of anilines is 3. The van der Waals surface area contributed by atoms with Crippen molar-refractivity contribution in [3.05, 3.63) is 18.2 Å². The summed E-state index contributed by atoms with van der Waals surface area (Å²) in [5, 5.41) is 3.21. The Morgan fingerprint density at radius 1 is 1.04 bits per heavy atom. The van der Waals surface area contributed by atoms with Crippen LogP contribution in [0.2, 0.25) is 0 Å². The molecule has 0 unspecified atom stereocenters. The van der Waals surface area contributed by atoms with Crippen LogP contribution in [0.15, 0.2) is 18.2 Å². The number of amides is 1. The highest BCUT2D eigenvalue weighted by molar-refractivity contribution is 7.99. The minimum Gasteiger partial charge on any atom is -0.370 e. The molecule has 5 heteroatoms. The number of rotatable bonds is 5. The van der Waals surface area contributed by atoms with Gasteiger partial charge in [-0.05, 0) is 51.0 Å². The minimum absolute atomic E-state index is 0.0342. The smallest absolute Gasteiger partial charge is 0.237 e. The summed E-state index contributed by atoms with van der Waals surface area (Å²) in [6.45, 7) is 6.32. The molecular formula is C18H27N3OS. The van der Waals surface area contributed by atoms with E-state index in [1.165, 1.54) is 37.1 Å². The zero-order valence-electron chi connectivity index (χ0n) is 14.2. The molecule has 2 fully saturated rings. The summed E-state index contributed by atoms with van der Waals surface area (Å²) in [5.41, 5.74) is 3.39. The van der Waals surface area contributed by atoms with Crippen molar-refractivity contribution in [2.24, 2.45) is 0 Å². The number of hydrogen-bond acceptors (Lipinski definition) is 4. The minimum atomic E-state index is -0.0342. The zero-order chi connectivity index (χ0) is 16.2. The number of nitrogens with one attached hydrogen (secondary N) is 1. The normalized spacial score (nSPS) is 19.2. The highest BCUT2D eigenvalue weighted by atomic mass is 32.2. The number of para-hydroxylation sites is 1. The van der Waals surface area contributed by atoms with E-state index in [4.69, 9.17) is 0 Å². The lowest BCUT2D eigenvalue weighted by Crippen LogP contribution is -2.28. The van der Waals surface area contributed by atoms with Crippen molar-refractivity contribution in [2.75, 3.05) is 47.6 Å². The second-order valence-corrected chi connectivity index (χ2v) is 7.61. The first-order valence-corrected chi connectivity index (χ1v) is 9.96. The van der Waals surface area contributed by atoms with Gasteiger partial charge in [-0.1, -0.05) is 6.07 Å². The molecule has 0 aromatic heterocycles. The van der Waals surface area contributed by atoms with Gasteiger partial charge >= 0.3 is 0 Å². The maximum atomic E-state index is 12.5. The van der Waals surface area contributed by atoms with E-state index in [2.05, 4.69) is 33.3 Å². The van der Waals surface area contributed by atoms with Crippen molar-refractivity contribution in [1.82, 2.24) is 0 Å². The van der Waals surface area contributed by atoms with Crippen molar-refractivity contribution in [2.45, 2.75) is 37.9 Å². The van der Waals surface area contributed by atoms with E-state index < -0.39 is 0 Å². The molecule has 1 aromatic carbocycles. The average Bonchev–Trinajstić information content (AvgIpc) is 3.27. The van der Waals surface area contributed by atoms with Gasteiger partial charge in [0.2, 0.25) is 5.91 Å². The Bertz CT molecular complexity index is 517. The summed E-state index contributed by atoms with van der Waals surface area (Å²) in [7, 11) is 0. The van der Waals surface area contributed by atoms with Gasteiger partial charge in [0, 0.05) is 26.2 Å². The van der Waals surface area contributed by atoms with Crippen LogP contribution in [-0.4, -0.2) is 43.6 Å². The largest absolute Gasteiger partial charge is 0.370 e. The van der Waals surface area contributed by atoms with E-state index in [1.54, 1.807) is 11.8 Å². The average molecular weight is 334 g/mol. The maximum Gasteiger partial charge on any atom is 0.237 e. The lowest BCUT2D eigenvalue weighted by molar-refractivity contribution is -0.115. The quantitative estimate of drug-likeness (QED) is 0.893. The predicted octanol–water partition coefficient (Wildman–Crippen LogP) is 3.58. The summed E-state index contributed by atoms with van der Waals surface area (Å²) < 4.78 is 0. The molecule has 0 bridgehead atoms. The monoisotopic (exact) mass is 333 g/mol. The Labute approximate surface area is 143 Å². The van der Waals surface area contributed by atoms with Gasteiger partial charge in [0.1, 0.15) is 0 Å². The summed E-state index contributed by atoms with van der Waals surface area (Å²) >= 11 is 1.59. The molecule has 2 aliphatic heterocycles. The molecule has 0 aliphatic carbocycles. The molecule has 0 radical (unpaired) electrons. The standard InChI is InChI=1S/C18H27N3OS/c1-14(23-2)18(22)19-17-15(20-10-3-4-11-20)8-7-9-16(17)21-12-5-6-13-21/h7-9,14H,3-6,10-13H2,1-2H3,(H,19,22)/t14-/m0/s1. The Morgan fingerprint density at radius 2 is 1.52 bits per heavy atom. The van der Waals surface area contributed by atoms with Gasteiger partial charge in [0.25, 0.3) is 0 Å². The van der Waals surface area contributed by atoms with Crippen molar-refractivity contribution < 1.29 is 4.79 Å². The van der Waals surface area contributed by atoms with E-state index in [9.17, 15) is 4.79 Å². The molecule has 3 rings (SSSR count). The Hall–Kier alpha value is -1.36. The molecule has 2 saturated heterocycles. The van der Waals surface area contributed by atoms with Crippen molar-refractivity contribution in [3.63, 3.8) is 0 Å². The first-order valence-electron chi connectivity index (χ1n) is 8.67. The predicted molar refractivity (Wildman–Crippen MR) is 101 cm³/mol. The van der Waals surface area contributed by atoms with Crippen LogP contribution >= 0.6 is 11.8 Å². The third-order valence-electron chi connectivity index (χ3n) is 4.88. The maximum absolute atomic E-state index is 12.5. The van der Waals surface area contributed by atoms with Crippen LogP contribution in [0.5, 0.6) is 0 Å². The van der Waals surface area contributed by atoms with Crippen molar-refractivity contribution >= 4 is 34.7 Å². The molecule has 0 saturated carbocycles. The van der Waals surface area contributed by atoms with Crippen molar-refractivity contribution in [1.29, 1.82) is 0 Å². The molecular weight excluding hydrogens is 306 g/mol. The van der Waals surface area contributed by atoms with Crippen LogP contribution in [0, 0.1) is 0 Å². The molecule has 126 valence electrons. The lowest BCUT2D eigenvalue weighted by Gasteiger charge is -2.28. The van der Waals surface area contributed by atoms with Crippen LogP contribution in [0.1, 0.15) is 32.6 Å². The topological polar surface area (TPSA) is 35.6 Å². The zero-order valence-corrected chi connectivity index (χ0v) is 15.0. The van der Waals surface area contributed by atoms with Crippen LogP contribution in [0.25, 0.3) is 0 Å². The van der Waals surface area contributed by atoms with Gasteiger partial charge < -0.3 is 15.1 Å². The van der Waals surface area contributed by atoms with Crippen molar-refractivity contribution in [3.8, 4) is 0 Å². The second kappa shape index (κ2) is 7.47. The van der Waals surface area contributed by atoms with E-state index >= 15 is 0 Å². The lowest BCUT2D eigenvalue weighted by atomic mass is 10.2. The number of benzene rings is 1. The van der Waals surface area contributed by atoms with Crippen LogP contribution in [0.3, 0.4) is 0 Å². The molecule has 23 heavy (non-hydrogen) atoms. The summed E-state index contributed by atoms with van der Waals surface area (Å²) in [4.78, 5) is 17.3. The Kier molecular flexibility index (Phi) is 5.36. The van der Waals surface area contributed by atoms with Gasteiger partial charge in [-0.3, -0.25) is 4.79 Å². The summed E-state index contributed by atoms with van der Waals surface area (Å²) in [5.74, 6) is 0.101. The SMILES string of the molecule is CS[C@@H](C)C(=O)Nc1c(N2CCCC2)cccc1N1CCCC1. The summed E-state index contributed by atoms with van der Waals surface area (Å²) in [6, 6.07) is 6.45. The Morgan fingerprint density at radius 3 is 1.96 bits per heavy atom. The number of carbonyl (C=O) groups excluding carboxylic acids is 1.